The van der Waals surface area contributed by atoms with Crippen LogP contribution in [0.15, 0.2) is 78.4 Å². The lowest BCUT2D eigenvalue weighted by Gasteiger charge is -2.26. The molecule has 1 N–H and O–H groups in total. The number of hydrogen-bond acceptors (Lipinski definition) is 3. The molecule has 168 valence electrons. The van der Waals surface area contributed by atoms with Crippen molar-refractivity contribution in [3.8, 4) is 0 Å². The Kier molecular flexibility index (Phi) is 6.19. The van der Waals surface area contributed by atoms with Crippen molar-refractivity contribution < 1.29 is 14.7 Å². The third kappa shape index (κ3) is 4.21. The van der Waals surface area contributed by atoms with E-state index < -0.39 is 17.7 Å². The van der Waals surface area contributed by atoms with Crippen molar-refractivity contribution in [1.82, 2.24) is 0 Å². The molecule has 4 nitrogen and oxygen atoms in total. The van der Waals surface area contributed by atoms with Gasteiger partial charge in [-0.25, -0.2) is 0 Å². The Balaban J connectivity index is 1.89. The number of carbonyl (C=O) groups excluding carboxylic acids is 2. The van der Waals surface area contributed by atoms with Crippen LogP contribution >= 0.6 is 0 Å². The first kappa shape index (κ1) is 22.5. The van der Waals surface area contributed by atoms with Gasteiger partial charge in [0.2, 0.25) is 0 Å². The number of anilines is 1. The average molecular weight is 440 g/mol. The van der Waals surface area contributed by atoms with E-state index in [1.165, 1.54) is 4.90 Å². The Labute approximate surface area is 195 Å². The van der Waals surface area contributed by atoms with Crippen LogP contribution in [-0.2, 0) is 16.0 Å². The summed E-state index contributed by atoms with van der Waals surface area (Å²) in [5.41, 5.74) is 5.36. The van der Waals surface area contributed by atoms with E-state index in [0.29, 0.717) is 17.2 Å². The summed E-state index contributed by atoms with van der Waals surface area (Å²) in [6, 6.07) is 22.2. The SMILES string of the molecule is CCc1ccc(/C(O)=C2/C(=O)C(=O)N(c3ccc(C(C)C)cc3)C2c2cccc(C)c2)cc1. The zero-order chi connectivity index (χ0) is 23.7. The van der Waals surface area contributed by atoms with Gasteiger partial charge >= 0.3 is 0 Å². The third-order valence-corrected chi connectivity index (χ3v) is 6.28. The minimum absolute atomic E-state index is 0.114. The van der Waals surface area contributed by atoms with Crippen molar-refractivity contribution >= 4 is 23.1 Å². The first-order chi connectivity index (χ1) is 15.8. The molecule has 1 saturated heterocycles. The van der Waals surface area contributed by atoms with E-state index in [-0.39, 0.29) is 11.3 Å². The van der Waals surface area contributed by atoms with Crippen molar-refractivity contribution in [1.29, 1.82) is 0 Å². The molecule has 0 aromatic heterocycles. The molecule has 0 radical (unpaired) electrons. The van der Waals surface area contributed by atoms with Crippen molar-refractivity contribution in [3.05, 3.63) is 106 Å². The van der Waals surface area contributed by atoms with Crippen LogP contribution in [0.4, 0.5) is 5.69 Å². The summed E-state index contributed by atoms with van der Waals surface area (Å²) in [6.45, 7) is 8.24. The number of hydrogen-bond donors (Lipinski definition) is 1. The summed E-state index contributed by atoms with van der Waals surface area (Å²) < 4.78 is 0. The smallest absolute Gasteiger partial charge is 0.300 e. The van der Waals surface area contributed by atoms with E-state index in [9.17, 15) is 14.7 Å². The average Bonchev–Trinajstić information content (AvgIpc) is 3.09. The van der Waals surface area contributed by atoms with E-state index in [1.807, 2.05) is 67.6 Å². The largest absolute Gasteiger partial charge is 0.507 e. The first-order valence-electron chi connectivity index (χ1n) is 11.4. The Morgan fingerprint density at radius 3 is 2.21 bits per heavy atom. The van der Waals surface area contributed by atoms with Crippen LogP contribution in [-0.4, -0.2) is 16.8 Å². The van der Waals surface area contributed by atoms with Crippen molar-refractivity contribution in [3.63, 3.8) is 0 Å². The summed E-state index contributed by atoms with van der Waals surface area (Å²) >= 11 is 0. The number of aliphatic hydroxyl groups excluding tert-OH is 1. The van der Waals surface area contributed by atoms with Gasteiger partial charge in [-0.2, -0.15) is 0 Å². The van der Waals surface area contributed by atoms with Gasteiger partial charge in [-0.15, -0.1) is 0 Å². The van der Waals surface area contributed by atoms with Crippen molar-refractivity contribution in [2.24, 2.45) is 0 Å². The minimum Gasteiger partial charge on any atom is -0.507 e. The molecule has 1 heterocycles. The van der Waals surface area contributed by atoms with Gasteiger partial charge in [0, 0.05) is 11.3 Å². The summed E-state index contributed by atoms with van der Waals surface area (Å²) in [6.07, 6.45) is 0.876. The molecule has 0 saturated carbocycles. The molecule has 1 unspecified atom stereocenters. The molecule has 4 heteroatoms. The number of carbonyl (C=O) groups is 2. The first-order valence-corrected chi connectivity index (χ1v) is 11.4. The number of aliphatic hydroxyl groups is 1. The number of Topliss-reactive ketones (excluding diaryl/α,β-unsaturated/α-hetero) is 1. The number of ketones is 1. The molecule has 1 fully saturated rings. The van der Waals surface area contributed by atoms with Crippen LogP contribution < -0.4 is 4.90 Å². The van der Waals surface area contributed by atoms with Crippen molar-refractivity contribution in [2.45, 2.75) is 46.1 Å². The summed E-state index contributed by atoms with van der Waals surface area (Å²) in [5, 5.41) is 11.2. The maximum Gasteiger partial charge on any atom is 0.300 e. The van der Waals surface area contributed by atoms with Crippen LogP contribution in [0.25, 0.3) is 5.76 Å². The summed E-state index contributed by atoms with van der Waals surface area (Å²) in [4.78, 5) is 28.0. The Hall–Kier alpha value is -3.66. The summed E-state index contributed by atoms with van der Waals surface area (Å²) in [5.74, 6) is -1.10. The second-order valence-corrected chi connectivity index (χ2v) is 8.88. The molecule has 0 aliphatic carbocycles. The van der Waals surface area contributed by atoms with Gasteiger partial charge < -0.3 is 5.11 Å². The lowest BCUT2D eigenvalue weighted by Crippen LogP contribution is -2.29. The fraction of sp³-hybridized carbons (Fsp3) is 0.241. The van der Waals surface area contributed by atoms with Crippen molar-refractivity contribution in [2.75, 3.05) is 4.90 Å². The van der Waals surface area contributed by atoms with Gasteiger partial charge in [0.15, 0.2) is 0 Å². The van der Waals surface area contributed by atoms with Crippen LogP contribution in [0.2, 0.25) is 0 Å². The van der Waals surface area contributed by atoms with Gasteiger partial charge in [-0.05, 0) is 48.1 Å². The number of rotatable bonds is 5. The van der Waals surface area contributed by atoms with Gasteiger partial charge in [-0.1, -0.05) is 87.0 Å². The highest BCUT2D eigenvalue weighted by Gasteiger charge is 2.47. The number of amides is 1. The van der Waals surface area contributed by atoms with Gasteiger partial charge in [0.25, 0.3) is 11.7 Å². The molecule has 0 bridgehead atoms. The van der Waals surface area contributed by atoms with Gasteiger partial charge in [0.05, 0.1) is 11.6 Å². The predicted molar refractivity (Wildman–Crippen MR) is 132 cm³/mol. The maximum absolute atomic E-state index is 13.3. The van der Waals surface area contributed by atoms with Crippen LogP contribution in [0.3, 0.4) is 0 Å². The lowest BCUT2D eigenvalue weighted by atomic mass is 9.94. The highest BCUT2D eigenvalue weighted by atomic mass is 16.3. The van der Waals surface area contributed by atoms with E-state index in [1.54, 1.807) is 12.1 Å². The fourth-order valence-electron chi connectivity index (χ4n) is 4.33. The normalized spacial score (nSPS) is 17.7. The lowest BCUT2D eigenvalue weighted by molar-refractivity contribution is -0.132. The molecule has 1 amide bonds. The number of aryl methyl sites for hydroxylation is 2. The Morgan fingerprint density at radius 1 is 0.970 bits per heavy atom. The zero-order valence-corrected chi connectivity index (χ0v) is 19.5. The van der Waals surface area contributed by atoms with Crippen LogP contribution in [0.1, 0.15) is 60.5 Å². The molecule has 3 aromatic carbocycles. The number of benzene rings is 3. The third-order valence-electron chi connectivity index (χ3n) is 6.28. The molecule has 1 aliphatic heterocycles. The molecular formula is C29H29NO3. The molecule has 1 atom stereocenters. The van der Waals surface area contributed by atoms with E-state index in [0.717, 1.165) is 28.7 Å². The second-order valence-electron chi connectivity index (χ2n) is 8.88. The highest BCUT2D eigenvalue weighted by molar-refractivity contribution is 6.51. The Bertz CT molecular complexity index is 1220. The van der Waals surface area contributed by atoms with Gasteiger partial charge in [-0.3, -0.25) is 14.5 Å². The molecule has 3 aromatic rings. The van der Waals surface area contributed by atoms with E-state index >= 15 is 0 Å². The topological polar surface area (TPSA) is 57.6 Å². The van der Waals surface area contributed by atoms with Crippen LogP contribution in [0, 0.1) is 6.92 Å². The monoisotopic (exact) mass is 439 g/mol. The molecular weight excluding hydrogens is 410 g/mol. The predicted octanol–water partition coefficient (Wildman–Crippen LogP) is 6.31. The van der Waals surface area contributed by atoms with Gasteiger partial charge in [0.1, 0.15) is 5.76 Å². The Morgan fingerprint density at radius 2 is 1.64 bits per heavy atom. The number of nitrogens with zero attached hydrogens (tertiary/aromatic N) is 1. The van der Waals surface area contributed by atoms with E-state index in [2.05, 4.69) is 20.8 Å². The van der Waals surface area contributed by atoms with Crippen LogP contribution in [0.5, 0.6) is 0 Å². The zero-order valence-electron chi connectivity index (χ0n) is 19.5. The molecule has 4 rings (SSSR count). The molecule has 33 heavy (non-hydrogen) atoms. The van der Waals surface area contributed by atoms with E-state index in [4.69, 9.17) is 0 Å². The molecule has 0 spiro atoms. The summed E-state index contributed by atoms with van der Waals surface area (Å²) in [7, 11) is 0. The molecule has 1 aliphatic rings. The second kappa shape index (κ2) is 9.07. The quantitative estimate of drug-likeness (QED) is 0.288. The standard InChI is InChI=1S/C29H29NO3/c1-5-20-9-11-22(12-10-20)27(31)25-26(23-8-6-7-19(4)17-23)30(29(33)28(25)32)24-15-13-21(14-16-24)18(2)3/h6-18,26,31H,5H2,1-4H3/b27-25-. The fourth-order valence-corrected chi connectivity index (χ4v) is 4.33. The minimum atomic E-state index is -0.708. The maximum atomic E-state index is 13.3. The highest BCUT2D eigenvalue weighted by Crippen LogP contribution is 2.42.